The number of nitrogens with zero attached hydrogens (tertiary/aromatic N) is 1. The lowest BCUT2D eigenvalue weighted by Crippen LogP contribution is -2.48. The topological polar surface area (TPSA) is 61.4 Å². The lowest BCUT2D eigenvalue weighted by molar-refractivity contribution is -0.137. The van der Waals surface area contributed by atoms with Gasteiger partial charge in [-0.15, -0.1) is 12.4 Å². The van der Waals surface area contributed by atoms with Crippen molar-refractivity contribution in [2.75, 3.05) is 18.4 Å². The van der Waals surface area contributed by atoms with Crippen LogP contribution in [-0.4, -0.2) is 41.9 Å². The van der Waals surface area contributed by atoms with Gasteiger partial charge in [-0.05, 0) is 37.8 Å². The van der Waals surface area contributed by atoms with Crippen LogP contribution in [0.25, 0.3) is 0 Å². The number of carbonyl (C=O) groups is 2. The molecule has 1 aromatic rings. The standard InChI is InChI=1S/C16H21N3O2.ClH/c20-15(11-17-12-5-2-1-3-6-12)19-10-4-7-14(19)16(21)18-13-8-9-13;/h1-3,5-6,13-14,17H,4,7-11H2,(H,18,21);1H. The van der Waals surface area contributed by atoms with Gasteiger partial charge in [0.05, 0.1) is 6.54 Å². The van der Waals surface area contributed by atoms with Crippen molar-refractivity contribution in [3.63, 3.8) is 0 Å². The van der Waals surface area contributed by atoms with E-state index in [-0.39, 0.29) is 36.8 Å². The first-order valence-electron chi connectivity index (χ1n) is 7.63. The van der Waals surface area contributed by atoms with E-state index in [1.54, 1.807) is 4.90 Å². The van der Waals surface area contributed by atoms with Crippen LogP contribution < -0.4 is 10.6 Å². The first kappa shape index (κ1) is 16.6. The van der Waals surface area contributed by atoms with Crippen molar-refractivity contribution < 1.29 is 9.59 Å². The maximum Gasteiger partial charge on any atom is 0.243 e. The molecule has 1 saturated heterocycles. The number of halogens is 1. The maximum atomic E-state index is 12.3. The van der Waals surface area contributed by atoms with Gasteiger partial charge in [0.25, 0.3) is 0 Å². The van der Waals surface area contributed by atoms with Crippen LogP contribution in [0.4, 0.5) is 5.69 Å². The number of rotatable bonds is 5. The van der Waals surface area contributed by atoms with Gasteiger partial charge < -0.3 is 15.5 Å². The molecule has 2 fully saturated rings. The third kappa shape index (κ3) is 4.13. The van der Waals surface area contributed by atoms with Crippen molar-refractivity contribution in [1.29, 1.82) is 0 Å². The average Bonchev–Trinajstić information content (AvgIpc) is 3.18. The number of para-hydroxylation sites is 1. The van der Waals surface area contributed by atoms with Crippen LogP contribution >= 0.6 is 12.4 Å². The highest BCUT2D eigenvalue weighted by atomic mass is 35.5. The molecule has 0 radical (unpaired) electrons. The minimum atomic E-state index is -0.282. The summed E-state index contributed by atoms with van der Waals surface area (Å²) in [4.78, 5) is 26.2. The van der Waals surface area contributed by atoms with Crippen LogP contribution in [-0.2, 0) is 9.59 Å². The molecular weight excluding hydrogens is 302 g/mol. The molecule has 0 spiro atoms. The molecule has 1 atom stereocenters. The van der Waals surface area contributed by atoms with E-state index in [9.17, 15) is 9.59 Å². The number of amides is 2. The Kier molecular flexibility index (Phi) is 5.66. The molecule has 0 bridgehead atoms. The van der Waals surface area contributed by atoms with E-state index in [1.165, 1.54) is 0 Å². The Morgan fingerprint density at radius 2 is 1.86 bits per heavy atom. The molecule has 2 aliphatic rings. The summed E-state index contributed by atoms with van der Waals surface area (Å²) >= 11 is 0. The summed E-state index contributed by atoms with van der Waals surface area (Å²) in [6.45, 7) is 0.912. The molecular formula is C16H22ClN3O2. The number of hydrogen-bond donors (Lipinski definition) is 2. The zero-order chi connectivity index (χ0) is 14.7. The molecule has 2 N–H and O–H groups in total. The van der Waals surface area contributed by atoms with Gasteiger partial charge in [-0.25, -0.2) is 0 Å². The Bertz CT molecular complexity index is 519. The molecule has 22 heavy (non-hydrogen) atoms. The molecule has 1 aliphatic carbocycles. The summed E-state index contributed by atoms with van der Waals surface area (Å²) in [6, 6.07) is 9.70. The number of likely N-dealkylation sites (tertiary alicyclic amines) is 1. The summed E-state index contributed by atoms with van der Waals surface area (Å²) < 4.78 is 0. The molecule has 120 valence electrons. The molecule has 1 heterocycles. The lowest BCUT2D eigenvalue weighted by Gasteiger charge is -2.24. The normalized spacial score (nSPS) is 20.2. The van der Waals surface area contributed by atoms with E-state index in [4.69, 9.17) is 0 Å². The van der Waals surface area contributed by atoms with Crippen LogP contribution in [0.2, 0.25) is 0 Å². The molecule has 1 aromatic carbocycles. The fourth-order valence-electron chi connectivity index (χ4n) is 2.70. The fourth-order valence-corrected chi connectivity index (χ4v) is 2.70. The summed E-state index contributed by atoms with van der Waals surface area (Å²) in [7, 11) is 0. The third-order valence-corrected chi connectivity index (χ3v) is 4.02. The second-order valence-electron chi connectivity index (χ2n) is 5.75. The van der Waals surface area contributed by atoms with E-state index < -0.39 is 0 Å². The summed E-state index contributed by atoms with van der Waals surface area (Å²) in [6.07, 6.45) is 3.82. The highest BCUT2D eigenvalue weighted by Gasteiger charge is 2.36. The zero-order valence-electron chi connectivity index (χ0n) is 12.5. The van der Waals surface area contributed by atoms with E-state index in [2.05, 4.69) is 10.6 Å². The van der Waals surface area contributed by atoms with Gasteiger partial charge in [0.2, 0.25) is 11.8 Å². The average molecular weight is 324 g/mol. The highest BCUT2D eigenvalue weighted by molar-refractivity contribution is 5.90. The van der Waals surface area contributed by atoms with E-state index in [0.717, 1.165) is 31.4 Å². The van der Waals surface area contributed by atoms with Crippen molar-refractivity contribution in [1.82, 2.24) is 10.2 Å². The van der Waals surface area contributed by atoms with E-state index in [1.807, 2.05) is 30.3 Å². The Morgan fingerprint density at radius 3 is 2.55 bits per heavy atom. The highest BCUT2D eigenvalue weighted by Crippen LogP contribution is 2.22. The summed E-state index contributed by atoms with van der Waals surface area (Å²) in [5.41, 5.74) is 0.920. The van der Waals surface area contributed by atoms with E-state index >= 15 is 0 Å². The smallest absolute Gasteiger partial charge is 0.243 e. The fraction of sp³-hybridized carbons (Fsp3) is 0.500. The molecule has 1 unspecified atom stereocenters. The minimum Gasteiger partial charge on any atom is -0.376 e. The van der Waals surface area contributed by atoms with Crippen LogP contribution in [0.15, 0.2) is 30.3 Å². The minimum absolute atomic E-state index is 0. The molecule has 1 aliphatic heterocycles. The first-order chi connectivity index (χ1) is 10.2. The van der Waals surface area contributed by atoms with Crippen LogP contribution in [0.3, 0.4) is 0 Å². The second-order valence-corrected chi connectivity index (χ2v) is 5.75. The van der Waals surface area contributed by atoms with Crippen molar-refractivity contribution in [3.8, 4) is 0 Å². The van der Waals surface area contributed by atoms with Crippen molar-refractivity contribution in [2.24, 2.45) is 0 Å². The van der Waals surface area contributed by atoms with Crippen molar-refractivity contribution in [2.45, 2.75) is 37.8 Å². The van der Waals surface area contributed by atoms with Gasteiger partial charge >= 0.3 is 0 Å². The van der Waals surface area contributed by atoms with E-state index in [0.29, 0.717) is 12.6 Å². The Hall–Kier alpha value is -1.75. The van der Waals surface area contributed by atoms with Gasteiger partial charge in [0.1, 0.15) is 6.04 Å². The molecule has 5 nitrogen and oxygen atoms in total. The maximum absolute atomic E-state index is 12.3. The predicted octanol–water partition coefficient (Wildman–Crippen LogP) is 1.79. The Labute approximate surface area is 136 Å². The lowest BCUT2D eigenvalue weighted by atomic mass is 10.2. The number of anilines is 1. The summed E-state index contributed by atoms with van der Waals surface area (Å²) in [5, 5.41) is 6.11. The second kappa shape index (κ2) is 7.49. The SMILES string of the molecule is Cl.O=C(NC1CC1)C1CCCN1C(=O)CNc1ccccc1. The molecule has 1 saturated carbocycles. The number of nitrogens with one attached hydrogen (secondary N) is 2. The molecule has 2 amide bonds. The first-order valence-corrected chi connectivity index (χ1v) is 7.63. The summed E-state index contributed by atoms with van der Waals surface area (Å²) in [5.74, 6) is 0.00959. The van der Waals surface area contributed by atoms with Crippen LogP contribution in [0.5, 0.6) is 0 Å². The molecule has 6 heteroatoms. The van der Waals surface area contributed by atoms with Crippen LogP contribution in [0, 0.1) is 0 Å². The van der Waals surface area contributed by atoms with Gasteiger partial charge in [0, 0.05) is 18.3 Å². The monoisotopic (exact) mass is 323 g/mol. The molecule has 3 rings (SSSR count). The largest absolute Gasteiger partial charge is 0.376 e. The van der Waals surface area contributed by atoms with Crippen molar-refractivity contribution in [3.05, 3.63) is 30.3 Å². The van der Waals surface area contributed by atoms with Crippen LogP contribution in [0.1, 0.15) is 25.7 Å². The number of carbonyl (C=O) groups excluding carboxylic acids is 2. The number of benzene rings is 1. The number of hydrogen-bond acceptors (Lipinski definition) is 3. The van der Waals surface area contributed by atoms with Gasteiger partial charge in [-0.2, -0.15) is 0 Å². The predicted molar refractivity (Wildman–Crippen MR) is 88.1 cm³/mol. The molecule has 0 aromatic heterocycles. The third-order valence-electron chi connectivity index (χ3n) is 4.02. The Morgan fingerprint density at radius 1 is 1.14 bits per heavy atom. The van der Waals surface area contributed by atoms with Gasteiger partial charge in [0.15, 0.2) is 0 Å². The van der Waals surface area contributed by atoms with Gasteiger partial charge in [-0.3, -0.25) is 9.59 Å². The van der Waals surface area contributed by atoms with Crippen molar-refractivity contribution >= 4 is 29.9 Å². The quantitative estimate of drug-likeness (QED) is 0.868. The zero-order valence-corrected chi connectivity index (χ0v) is 13.3. The van der Waals surface area contributed by atoms with Gasteiger partial charge in [-0.1, -0.05) is 18.2 Å². The Balaban J connectivity index is 0.00000176.